The van der Waals surface area contributed by atoms with Crippen LogP contribution in [0.4, 0.5) is 15.8 Å². The summed E-state index contributed by atoms with van der Waals surface area (Å²) in [6.07, 6.45) is 0. The van der Waals surface area contributed by atoms with Crippen molar-refractivity contribution >= 4 is 21.4 Å². The lowest BCUT2D eigenvalue weighted by Gasteiger charge is -2.38. The topological polar surface area (TPSA) is 83.8 Å². The summed E-state index contributed by atoms with van der Waals surface area (Å²) in [6, 6.07) is 13.3. The maximum absolute atomic E-state index is 14.9. The molecule has 0 unspecified atom stereocenters. The molecule has 1 aromatic heterocycles. The van der Waals surface area contributed by atoms with Crippen LogP contribution in [0.15, 0.2) is 57.8 Å². The molecular weight excluding hydrogens is 445 g/mol. The highest BCUT2D eigenvalue weighted by atomic mass is 32.2. The van der Waals surface area contributed by atoms with Crippen LogP contribution in [-0.4, -0.2) is 40.7 Å². The van der Waals surface area contributed by atoms with E-state index >= 15 is 0 Å². The molecule has 7 nitrogen and oxygen atoms in total. The van der Waals surface area contributed by atoms with Crippen molar-refractivity contribution in [2.75, 3.05) is 29.8 Å². The Morgan fingerprint density at radius 3 is 2.42 bits per heavy atom. The largest absolute Gasteiger partial charge is 0.495 e. The highest BCUT2D eigenvalue weighted by Crippen LogP contribution is 2.33. The van der Waals surface area contributed by atoms with Gasteiger partial charge in [-0.1, -0.05) is 0 Å². The van der Waals surface area contributed by atoms with Gasteiger partial charge in [-0.3, -0.25) is 4.72 Å². The Balaban J connectivity index is 1.63. The van der Waals surface area contributed by atoms with Gasteiger partial charge in [0, 0.05) is 36.4 Å². The van der Waals surface area contributed by atoms with Gasteiger partial charge in [0.05, 0.1) is 12.8 Å². The monoisotopic (exact) mass is 473 g/mol. The van der Waals surface area contributed by atoms with Crippen molar-refractivity contribution in [3.8, 4) is 17.1 Å². The third kappa shape index (κ3) is 4.99. The van der Waals surface area contributed by atoms with E-state index in [0.717, 1.165) is 24.8 Å². The highest BCUT2D eigenvalue weighted by Gasteiger charge is 2.25. The van der Waals surface area contributed by atoms with Crippen LogP contribution in [0.25, 0.3) is 11.3 Å². The van der Waals surface area contributed by atoms with Crippen molar-refractivity contribution < 1.29 is 22.0 Å². The molecule has 0 radical (unpaired) electrons. The molecule has 0 spiro atoms. The number of rotatable bonds is 6. The second kappa shape index (κ2) is 9.07. The summed E-state index contributed by atoms with van der Waals surface area (Å²) in [5.41, 5.74) is 1.57. The first-order chi connectivity index (χ1) is 15.7. The fraction of sp³-hybridized carbons (Fsp3) is 0.333. The lowest BCUT2D eigenvalue weighted by Crippen LogP contribution is -2.54. The standard InChI is InChI=1S/C24H28FN3O4S/c1-15-13-28(14-16(2)26-15)19-7-9-23(31-4)21(12-19)27-33(29,30)24-10-6-18(11-20(24)25)22-8-5-17(3)32-22/h5-12,15-16,26-27H,13-14H2,1-4H3/t15-,16+. The second-order valence-electron chi connectivity index (χ2n) is 8.42. The Kier molecular flexibility index (Phi) is 6.36. The van der Waals surface area contributed by atoms with Gasteiger partial charge >= 0.3 is 0 Å². The molecule has 1 aliphatic heterocycles. The lowest BCUT2D eigenvalue weighted by atomic mass is 10.1. The minimum absolute atomic E-state index is 0.249. The number of aryl methyl sites for hydroxylation is 1. The normalized spacial score (nSPS) is 18.9. The lowest BCUT2D eigenvalue weighted by molar-refractivity contribution is 0.406. The summed E-state index contributed by atoms with van der Waals surface area (Å²) in [5.74, 6) is 0.636. The van der Waals surface area contributed by atoms with Crippen LogP contribution in [-0.2, 0) is 10.0 Å². The highest BCUT2D eigenvalue weighted by molar-refractivity contribution is 7.92. The van der Waals surface area contributed by atoms with Crippen molar-refractivity contribution in [1.82, 2.24) is 5.32 Å². The fourth-order valence-corrected chi connectivity index (χ4v) is 5.29. The SMILES string of the molecule is COc1ccc(N2C[C@@H](C)N[C@@H](C)C2)cc1NS(=O)(=O)c1ccc(-c2ccc(C)o2)cc1F. The number of methoxy groups -OCH3 is 1. The van der Waals surface area contributed by atoms with E-state index in [1.807, 2.05) is 6.07 Å². The third-order valence-corrected chi connectivity index (χ3v) is 7.00. The van der Waals surface area contributed by atoms with Crippen molar-refractivity contribution in [1.29, 1.82) is 0 Å². The summed E-state index contributed by atoms with van der Waals surface area (Å²) in [7, 11) is -2.75. The van der Waals surface area contributed by atoms with Crippen molar-refractivity contribution in [3.05, 3.63) is 60.1 Å². The molecule has 33 heavy (non-hydrogen) atoms. The van der Waals surface area contributed by atoms with Crippen molar-refractivity contribution in [3.63, 3.8) is 0 Å². The number of sulfonamides is 1. The Morgan fingerprint density at radius 2 is 1.82 bits per heavy atom. The zero-order valence-electron chi connectivity index (χ0n) is 19.1. The van der Waals surface area contributed by atoms with Crippen molar-refractivity contribution in [2.45, 2.75) is 37.8 Å². The molecule has 4 rings (SSSR count). The molecule has 1 aliphatic rings. The number of nitrogens with zero attached hydrogens (tertiary/aromatic N) is 1. The number of benzene rings is 2. The molecule has 2 N–H and O–H groups in total. The number of hydrogen-bond donors (Lipinski definition) is 2. The van der Waals surface area contributed by atoms with Gasteiger partial charge in [-0.25, -0.2) is 12.8 Å². The van der Waals surface area contributed by atoms with E-state index in [4.69, 9.17) is 9.15 Å². The van der Waals surface area contributed by atoms with Gasteiger partial charge in [0.1, 0.15) is 28.0 Å². The minimum atomic E-state index is -4.21. The summed E-state index contributed by atoms with van der Waals surface area (Å²) in [6.45, 7) is 7.56. The van der Waals surface area contributed by atoms with Gasteiger partial charge in [0.25, 0.3) is 10.0 Å². The van der Waals surface area contributed by atoms with Crippen LogP contribution < -0.4 is 19.7 Å². The summed E-state index contributed by atoms with van der Waals surface area (Å²) in [4.78, 5) is 1.73. The van der Waals surface area contributed by atoms with Crippen LogP contribution in [0, 0.1) is 12.7 Å². The molecule has 176 valence electrons. The number of hydrogen-bond acceptors (Lipinski definition) is 6. The number of ether oxygens (including phenoxy) is 1. The number of piperazine rings is 1. The molecule has 1 fully saturated rings. The fourth-order valence-electron chi connectivity index (χ4n) is 4.17. The summed E-state index contributed by atoms with van der Waals surface area (Å²) < 4.78 is 54.4. The van der Waals surface area contributed by atoms with Gasteiger partial charge in [0.2, 0.25) is 0 Å². The average molecular weight is 474 g/mol. The number of halogens is 1. The molecule has 9 heteroatoms. The quantitative estimate of drug-likeness (QED) is 0.553. The van der Waals surface area contributed by atoms with Gasteiger partial charge < -0.3 is 19.4 Å². The molecule has 2 atom stereocenters. The number of furan rings is 1. The molecule has 0 amide bonds. The molecule has 1 saturated heterocycles. The first-order valence-corrected chi connectivity index (χ1v) is 12.2. The van der Waals surface area contributed by atoms with Crippen LogP contribution in [0.1, 0.15) is 19.6 Å². The average Bonchev–Trinajstić information content (AvgIpc) is 3.19. The number of anilines is 2. The van der Waals surface area contributed by atoms with E-state index in [2.05, 4.69) is 28.8 Å². The van der Waals surface area contributed by atoms with Crippen LogP contribution >= 0.6 is 0 Å². The van der Waals surface area contributed by atoms with E-state index in [1.54, 1.807) is 31.2 Å². The smallest absolute Gasteiger partial charge is 0.264 e. The van der Waals surface area contributed by atoms with Crippen LogP contribution in [0.5, 0.6) is 5.75 Å². The van der Waals surface area contributed by atoms with Crippen molar-refractivity contribution in [2.24, 2.45) is 0 Å². The second-order valence-corrected chi connectivity index (χ2v) is 10.1. The molecular formula is C24H28FN3O4S. The number of nitrogens with one attached hydrogen (secondary N) is 2. The Bertz CT molecular complexity index is 1250. The van der Waals surface area contributed by atoms with Gasteiger partial charge in [-0.15, -0.1) is 0 Å². The maximum atomic E-state index is 14.9. The maximum Gasteiger partial charge on any atom is 0.264 e. The van der Waals surface area contributed by atoms with E-state index in [0.29, 0.717) is 34.9 Å². The first-order valence-electron chi connectivity index (χ1n) is 10.7. The summed E-state index contributed by atoms with van der Waals surface area (Å²) >= 11 is 0. The predicted molar refractivity (Wildman–Crippen MR) is 127 cm³/mol. The van der Waals surface area contributed by atoms with E-state index in [9.17, 15) is 12.8 Å². The molecule has 2 heterocycles. The van der Waals surface area contributed by atoms with E-state index in [-0.39, 0.29) is 5.69 Å². The predicted octanol–water partition coefficient (Wildman–Crippen LogP) is 4.39. The Morgan fingerprint density at radius 1 is 1.09 bits per heavy atom. The molecule has 0 aliphatic carbocycles. The molecule has 3 aromatic rings. The summed E-state index contributed by atoms with van der Waals surface area (Å²) in [5, 5.41) is 3.47. The zero-order chi connectivity index (χ0) is 23.8. The Hall–Kier alpha value is -3.04. The molecule has 2 aromatic carbocycles. The van der Waals surface area contributed by atoms with Crippen LogP contribution in [0.3, 0.4) is 0 Å². The van der Waals surface area contributed by atoms with Gasteiger partial charge in [0.15, 0.2) is 0 Å². The van der Waals surface area contributed by atoms with Crippen LogP contribution in [0.2, 0.25) is 0 Å². The Labute approximate surface area is 193 Å². The molecule has 0 saturated carbocycles. The first kappa shape index (κ1) is 23.1. The minimum Gasteiger partial charge on any atom is -0.495 e. The van der Waals surface area contributed by atoms with E-state index in [1.165, 1.54) is 19.2 Å². The van der Waals surface area contributed by atoms with Gasteiger partial charge in [-0.2, -0.15) is 0 Å². The third-order valence-electron chi connectivity index (χ3n) is 5.60. The molecule has 0 bridgehead atoms. The van der Waals surface area contributed by atoms with Gasteiger partial charge in [-0.05, 0) is 69.3 Å². The van der Waals surface area contributed by atoms with E-state index < -0.39 is 20.7 Å². The zero-order valence-corrected chi connectivity index (χ0v) is 19.9.